The number of unbranched alkanes of at least 4 members (excludes halogenated alkanes) is 1. The van der Waals surface area contributed by atoms with E-state index in [9.17, 15) is 19.5 Å². The number of thiol groups is 1. The Morgan fingerprint density at radius 3 is 1.98 bits per heavy atom. The van der Waals surface area contributed by atoms with Crippen LogP contribution >= 0.6 is 12.6 Å². The molecule has 1 heterocycles. The van der Waals surface area contributed by atoms with Crippen LogP contribution in [-0.2, 0) is 33.6 Å². The molecule has 0 spiro atoms. The maximum absolute atomic E-state index is 14.0. The summed E-state index contributed by atoms with van der Waals surface area (Å²) in [5.41, 5.74) is 2.01. The van der Waals surface area contributed by atoms with E-state index < -0.39 is 22.8 Å². The molecule has 210 valence electrons. The molecule has 40 heavy (non-hydrogen) atoms. The summed E-state index contributed by atoms with van der Waals surface area (Å²) in [6, 6.07) is 28.4. The third kappa shape index (κ3) is 7.75. The largest absolute Gasteiger partial charge is 0.480 e. The zero-order valence-electron chi connectivity index (χ0n) is 22.7. The monoisotopic (exact) mass is 558 g/mol. The van der Waals surface area contributed by atoms with Gasteiger partial charge in [0.05, 0.1) is 5.25 Å². The van der Waals surface area contributed by atoms with Crippen molar-refractivity contribution in [1.29, 1.82) is 0 Å². The van der Waals surface area contributed by atoms with Crippen LogP contribution in [0.2, 0.25) is 0 Å². The summed E-state index contributed by atoms with van der Waals surface area (Å²) in [4.78, 5) is 41.1. The number of nitrogens with zero attached hydrogens (tertiary/aromatic N) is 1. The molecule has 3 unspecified atom stereocenters. The SMILES string of the molecule is O=C(NC1(CCc2ccccc2)CCN(C(Cc2ccccc2)C(=O)O)C1=O)C(S)CCCCc1ccccc1. The quantitative estimate of drug-likeness (QED) is 0.190. The van der Waals surface area contributed by atoms with Gasteiger partial charge in [0, 0.05) is 13.0 Å². The van der Waals surface area contributed by atoms with Crippen molar-refractivity contribution in [1.82, 2.24) is 10.2 Å². The highest BCUT2D eigenvalue weighted by atomic mass is 32.1. The van der Waals surface area contributed by atoms with Gasteiger partial charge in [0.15, 0.2) is 0 Å². The van der Waals surface area contributed by atoms with Crippen LogP contribution in [-0.4, -0.2) is 51.2 Å². The van der Waals surface area contributed by atoms with E-state index >= 15 is 0 Å². The van der Waals surface area contributed by atoms with Gasteiger partial charge in [-0.05, 0) is 55.2 Å². The lowest BCUT2D eigenvalue weighted by Gasteiger charge is -2.32. The van der Waals surface area contributed by atoms with Gasteiger partial charge in [0.2, 0.25) is 11.8 Å². The predicted octanol–water partition coefficient (Wildman–Crippen LogP) is 5.11. The number of aliphatic carboxylic acids is 1. The number of carboxylic acids is 1. The molecule has 2 amide bonds. The molecule has 3 aromatic carbocycles. The second-order valence-corrected chi connectivity index (χ2v) is 11.2. The van der Waals surface area contributed by atoms with E-state index in [1.165, 1.54) is 10.5 Å². The minimum atomic E-state index is -1.16. The number of benzene rings is 3. The van der Waals surface area contributed by atoms with Crippen molar-refractivity contribution in [2.24, 2.45) is 0 Å². The highest BCUT2D eigenvalue weighted by molar-refractivity contribution is 7.81. The number of nitrogens with one attached hydrogen (secondary N) is 1. The molecule has 2 N–H and O–H groups in total. The fourth-order valence-electron chi connectivity index (χ4n) is 5.43. The number of amides is 2. The van der Waals surface area contributed by atoms with Crippen LogP contribution in [0.25, 0.3) is 0 Å². The van der Waals surface area contributed by atoms with E-state index in [2.05, 4.69) is 30.1 Å². The Labute approximate surface area is 242 Å². The molecule has 6 nitrogen and oxygen atoms in total. The summed E-state index contributed by atoms with van der Waals surface area (Å²) in [6.45, 7) is 0.270. The van der Waals surface area contributed by atoms with Gasteiger partial charge in [-0.15, -0.1) is 0 Å². The first-order valence-corrected chi connectivity index (χ1v) is 14.6. The molecule has 4 rings (SSSR count). The third-order valence-corrected chi connectivity index (χ3v) is 8.26. The Hall–Kier alpha value is -3.58. The Morgan fingerprint density at radius 1 is 0.850 bits per heavy atom. The van der Waals surface area contributed by atoms with Crippen LogP contribution in [0, 0.1) is 0 Å². The molecule has 1 aliphatic heterocycles. The van der Waals surface area contributed by atoms with E-state index in [-0.39, 0.29) is 24.8 Å². The average Bonchev–Trinajstić information content (AvgIpc) is 3.29. The number of rotatable bonds is 14. The number of hydrogen-bond acceptors (Lipinski definition) is 4. The summed E-state index contributed by atoms with van der Waals surface area (Å²) in [5, 5.41) is 12.6. The minimum absolute atomic E-state index is 0.210. The summed E-state index contributed by atoms with van der Waals surface area (Å²) in [6.07, 6.45) is 4.87. The molecular formula is C33H38N2O4S. The normalized spacial score (nSPS) is 18.3. The molecule has 1 aliphatic rings. The molecule has 0 bridgehead atoms. The van der Waals surface area contributed by atoms with E-state index in [0.29, 0.717) is 25.7 Å². The Balaban J connectivity index is 1.44. The molecule has 3 aromatic rings. The van der Waals surface area contributed by atoms with E-state index in [1.54, 1.807) is 0 Å². The highest BCUT2D eigenvalue weighted by Gasteiger charge is 2.50. The Bertz CT molecular complexity index is 1260. The van der Waals surface area contributed by atoms with Crippen LogP contribution in [0.3, 0.4) is 0 Å². The first-order valence-electron chi connectivity index (χ1n) is 14.0. The fourth-order valence-corrected chi connectivity index (χ4v) is 5.68. The van der Waals surface area contributed by atoms with Crippen molar-refractivity contribution in [2.75, 3.05) is 6.54 Å². The molecule has 1 fully saturated rings. The Kier molecular flexibility index (Phi) is 10.4. The molecule has 0 radical (unpaired) electrons. The van der Waals surface area contributed by atoms with Crippen molar-refractivity contribution in [3.63, 3.8) is 0 Å². The zero-order chi connectivity index (χ0) is 28.4. The molecule has 0 saturated carbocycles. The molecular weight excluding hydrogens is 520 g/mol. The van der Waals surface area contributed by atoms with Crippen molar-refractivity contribution >= 4 is 30.4 Å². The van der Waals surface area contributed by atoms with E-state index in [0.717, 1.165) is 30.4 Å². The third-order valence-electron chi connectivity index (χ3n) is 7.77. The summed E-state index contributed by atoms with van der Waals surface area (Å²) < 4.78 is 0. The van der Waals surface area contributed by atoms with Crippen molar-refractivity contribution < 1.29 is 19.5 Å². The topological polar surface area (TPSA) is 86.7 Å². The first-order chi connectivity index (χ1) is 19.4. The molecule has 7 heteroatoms. The first kappa shape index (κ1) is 29.4. The molecule has 0 aromatic heterocycles. The van der Waals surface area contributed by atoms with Crippen LogP contribution in [0.4, 0.5) is 0 Å². The lowest BCUT2D eigenvalue weighted by Crippen LogP contribution is -2.58. The van der Waals surface area contributed by atoms with Gasteiger partial charge in [-0.3, -0.25) is 9.59 Å². The smallest absolute Gasteiger partial charge is 0.326 e. The number of carbonyl (C=O) groups is 3. The van der Waals surface area contributed by atoms with Gasteiger partial charge < -0.3 is 15.3 Å². The van der Waals surface area contributed by atoms with Crippen LogP contribution in [0.15, 0.2) is 91.0 Å². The maximum atomic E-state index is 14.0. The molecule has 3 atom stereocenters. The number of carboxylic acid groups (broad SMARTS) is 1. The van der Waals surface area contributed by atoms with Crippen molar-refractivity contribution in [2.45, 2.75) is 68.2 Å². The second kappa shape index (κ2) is 14.2. The van der Waals surface area contributed by atoms with E-state index in [4.69, 9.17) is 0 Å². The van der Waals surface area contributed by atoms with Gasteiger partial charge in [-0.25, -0.2) is 4.79 Å². The lowest BCUT2D eigenvalue weighted by atomic mass is 9.89. The van der Waals surface area contributed by atoms with E-state index in [1.807, 2.05) is 78.9 Å². The number of aryl methyl sites for hydroxylation is 2. The summed E-state index contributed by atoms with van der Waals surface area (Å²) in [5.74, 6) is -1.65. The molecule has 1 saturated heterocycles. The fraction of sp³-hybridized carbons (Fsp3) is 0.364. The zero-order valence-corrected chi connectivity index (χ0v) is 23.6. The second-order valence-electron chi connectivity index (χ2n) is 10.6. The van der Waals surface area contributed by atoms with Crippen LogP contribution in [0.5, 0.6) is 0 Å². The predicted molar refractivity (Wildman–Crippen MR) is 160 cm³/mol. The Morgan fingerprint density at radius 2 is 1.40 bits per heavy atom. The van der Waals surface area contributed by atoms with Gasteiger partial charge in [0.25, 0.3) is 0 Å². The standard InChI is InChI=1S/C33H38N2O4S/c36-30(29(40)19-11-10-16-25-12-4-1-5-13-25)34-33(21-20-26-14-6-2-7-15-26)22-23-35(32(33)39)28(31(37)38)24-27-17-8-3-9-18-27/h1-9,12-15,17-18,28-29,40H,10-11,16,19-24H2,(H,34,36)(H,37,38). The van der Waals surface area contributed by atoms with Crippen LogP contribution < -0.4 is 5.32 Å². The molecule has 0 aliphatic carbocycles. The van der Waals surface area contributed by atoms with Gasteiger partial charge in [-0.2, -0.15) is 12.6 Å². The number of hydrogen-bond donors (Lipinski definition) is 3. The highest BCUT2D eigenvalue weighted by Crippen LogP contribution is 2.31. The van der Waals surface area contributed by atoms with Gasteiger partial charge in [0.1, 0.15) is 11.6 Å². The minimum Gasteiger partial charge on any atom is -0.480 e. The summed E-state index contributed by atoms with van der Waals surface area (Å²) >= 11 is 4.59. The van der Waals surface area contributed by atoms with Gasteiger partial charge in [-0.1, -0.05) is 97.4 Å². The number of likely N-dealkylation sites (tertiary alicyclic amines) is 1. The summed E-state index contributed by atoms with van der Waals surface area (Å²) in [7, 11) is 0. The lowest BCUT2D eigenvalue weighted by molar-refractivity contribution is -0.150. The van der Waals surface area contributed by atoms with Gasteiger partial charge >= 0.3 is 5.97 Å². The van der Waals surface area contributed by atoms with Crippen LogP contribution in [0.1, 0.15) is 48.8 Å². The maximum Gasteiger partial charge on any atom is 0.326 e. The van der Waals surface area contributed by atoms with Crippen molar-refractivity contribution in [3.05, 3.63) is 108 Å². The number of carbonyl (C=O) groups excluding carboxylic acids is 2. The van der Waals surface area contributed by atoms with Crippen molar-refractivity contribution in [3.8, 4) is 0 Å². The average molecular weight is 559 g/mol.